The van der Waals surface area contributed by atoms with Crippen molar-refractivity contribution in [2.24, 2.45) is 5.41 Å². The van der Waals surface area contributed by atoms with Gasteiger partial charge in [-0.15, -0.1) is 0 Å². The molecular weight excluding hydrogens is 288 g/mol. The molecule has 0 aliphatic carbocycles. The average molecular weight is 301 g/mol. The summed E-state index contributed by atoms with van der Waals surface area (Å²) in [4.78, 5) is 27.6. The monoisotopic (exact) mass is 300 g/mol. The lowest BCUT2D eigenvalue weighted by Gasteiger charge is -2.19. The van der Waals surface area contributed by atoms with Crippen LogP contribution in [-0.4, -0.2) is 40.0 Å². The fourth-order valence-corrected chi connectivity index (χ4v) is 2.31. The van der Waals surface area contributed by atoms with Crippen LogP contribution in [0.25, 0.3) is 0 Å². The van der Waals surface area contributed by atoms with Crippen molar-refractivity contribution in [3.8, 4) is 0 Å². The van der Waals surface area contributed by atoms with E-state index in [1.807, 2.05) is 0 Å². The maximum atomic E-state index is 12.1. The van der Waals surface area contributed by atoms with E-state index in [1.165, 1.54) is 0 Å². The van der Waals surface area contributed by atoms with Gasteiger partial charge in [-0.3, -0.25) is 9.59 Å². The summed E-state index contributed by atoms with van der Waals surface area (Å²) in [7, 11) is 0. The minimum Gasteiger partial charge on any atom is -0.481 e. The lowest BCUT2D eigenvalue weighted by atomic mass is 9.90. The van der Waals surface area contributed by atoms with Crippen LogP contribution in [-0.2, 0) is 4.79 Å². The summed E-state index contributed by atoms with van der Waals surface area (Å²) in [5.41, 5.74) is -0.342. The first-order chi connectivity index (χ1) is 7.92. The molecule has 1 atom stereocenters. The number of hydrogen-bond donors (Lipinski definition) is 2. The Balaban J connectivity index is 2.11. The Labute approximate surface area is 107 Å². The van der Waals surface area contributed by atoms with E-state index >= 15 is 0 Å². The number of hydrogen-bond acceptors (Lipinski definition) is 2. The topological polar surface area (TPSA) is 73.4 Å². The van der Waals surface area contributed by atoms with Gasteiger partial charge in [0.2, 0.25) is 0 Å². The molecule has 2 N–H and O–H groups in total. The van der Waals surface area contributed by atoms with E-state index in [0.29, 0.717) is 18.7 Å². The van der Waals surface area contributed by atoms with E-state index < -0.39 is 11.4 Å². The second-order valence-corrected chi connectivity index (χ2v) is 5.49. The van der Waals surface area contributed by atoms with Crippen LogP contribution >= 0.6 is 15.9 Å². The number of aromatic amines is 1. The predicted molar refractivity (Wildman–Crippen MR) is 64.8 cm³/mol. The zero-order valence-electron chi connectivity index (χ0n) is 9.36. The zero-order chi connectivity index (χ0) is 12.6. The summed E-state index contributed by atoms with van der Waals surface area (Å²) in [5, 5.41) is 9.09. The lowest BCUT2D eigenvalue weighted by Crippen LogP contribution is -2.35. The van der Waals surface area contributed by atoms with Crippen LogP contribution in [0, 0.1) is 5.41 Å². The van der Waals surface area contributed by atoms with Gasteiger partial charge in [0.25, 0.3) is 5.91 Å². The molecule has 2 rings (SSSR count). The maximum absolute atomic E-state index is 12.1. The maximum Gasteiger partial charge on any atom is 0.311 e. The molecule has 0 radical (unpaired) electrons. The third kappa shape index (κ3) is 2.22. The summed E-state index contributed by atoms with van der Waals surface area (Å²) in [6.45, 7) is 2.42. The molecule has 1 fully saturated rings. The van der Waals surface area contributed by atoms with Gasteiger partial charge in [-0.1, -0.05) is 0 Å². The normalized spacial score (nSPS) is 24.0. The lowest BCUT2D eigenvalue weighted by molar-refractivity contribution is -0.147. The third-order valence-corrected chi connectivity index (χ3v) is 3.61. The van der Waals surface area contributed by atoms with Crippen LogP contribution in [0.1, 0.15) is 23.8 Å². The Morgan fingerprint density at radius 1 is 1.59 bits per heavy atom. The van der Waals surface area contributed by atoms with E-state index in [1.54, 1.807) is 24.1 Å². The molecule has 17 heavy (non-hydrogen) atoms. The van der Waals surface area contributed by atoms with Crippen LogP contribution in [0.3, 0.4) is 0 Å². The van der Waals surface area contributed by atoms with Gasteiger partial charge in [0, 0.05) is 23.8 Å². The number of nitrogens with one attached hydrogen (secondary N) is 1. The van der Waals surface area contributed by atoms with Crippen LogP contribution in [0.5, 0.6) is 0 Å². The second kappa shape index (κ2) is 4.18. The van der Waals surface area contributed by atoms with Crippen LogP contribution in [0.4, 0.5) is 0 Å². The standard InChI is InChI=1S/C11H13BrN2O3/c1-11(10(16)17)2-3-14(6-11)9(15)8-4-7(12)5-13-8/h4-5,13H,2-3,6H2,1H3,(H,16,17)/t11-/m0/s1. The van der Waals surface area contributed by atoms with E-state index in [2.05, 4.69) is 20.9 Å². The molecule has 0 unspecified atom stereocenters. The van der Waals surface area contributed by atoms with Crippen molar-refractivity contribution in [3.63, 3.8) is 0 Å². The number of rotatable bonds is 2. The molecule has 1 amide bonds. The van der Waals surface area contributed by atoms with Gasteiger partial charge in [-0.05, 0) is 35.3 Å². The zero-order valence-corrected chi connectivity index (χ0v) is 11.0. The van der Waals surface area contributed by atoms with Crippen LogP contribution in [0.15, 0.2) is 16.7 Å². The molecule has 5 nitrogen and oxygen atoms in total. The van der Waals surface area contributed by atoms with Gasteiger partial charge in [-0.2, -0.15) is 0 Å². The number of likely N-dealkylation sites (tertiary alicyclic amines) is 1. The number of carbonyl (C=O) groups is 2. The van der Waals surface area contributed by atoms with Gasteiger partial charge >= 0.3 is 5.97 Å². The Bertz CT molecular complexity index is 471. The Kier molecular flexibility index (Phi) is 2.99. The smallest absolute Gasteiger partial charge is 0.311 e. The number of halogens is 1. The summed E-state index contributed by atoms with van der Waals surface area (Å²) < 4.78 is 0.807. The quantitative estimate of drug-likeness (QED) is 0.873. The highest BCUT2D eigenvalue weighted by atomic mass is 79.9. The molecule has 1 saturated heterocycles. The van der Waals surface area contributed by atoms with E-state index in [9.17, 15) is 9.59 Å². The first-order valence-corrected chi connectivity index (χ1v) is 6.08. The Morgan fingerprint density at radius 2 is 2.29 bits per heavy atom. The molecule has 2 heterocycles. The van der Waals surface area contributed by atoms with Crippen LogP contribution in [0.2, 0.25) is 0 Å². The highest BCUT2D eigenvalue weighted by Crippen LogP contribution is 2.31. The number of carboxylic acids is 1. The molecule has 1 aliphatic rings. The van der Waals surface area contributed by atoms with Crippen molar-refractivity contribution in [3.05, 3.63) is 22.4 Å². The molecule has 1 aromatic rings. The minimum absolute atomic E-state index is 0.152. The van der Waals surface area contributed by atoms with Crippen molar-refractivity contribution in [1.29, 1.82) is 0 Å². The third-order valence-electron chi connectivity index (χ3n) is 3.16. The number of carbonyl (C=O) groups excluding carboxylic acids is 1. The predicted octanol–water partition coefficient (Wildman–Crippen LogP) is 1.71. The molecule has 92 valence electrons. The van der Waals surface area contributed by atoms with E-state index in [-0.39, 0.29) is 12.5 Å². The van der Waals surface area contributed by atoms with Gasteiger partial charge in [0.05, 0.1) is 5.41 Å². The molecule has 0 aromatic carbocycles. The second-order valence-electron chi connectivity index (χ2n) is 4.57. The Morgan fingerprint density at radius 3 is 2.76 bits per heavy atom. The summed E-state index contributed by atoms with van der Waals surface area (Å²) in [6, 6.07) is 1.69. The largest absolute Gasteiger partial charge is 0.481 e. The molecular formula is C11H13BrN2O3. The number of amides is 1. The molecule has 0 saturated carbocycles. The van der Waals surface area contributed by atoms with E-state index in [0.717, 1.165) is 4.47 Å². The van der Waals surface area contributed by atoms with Crippen LogP contribution < -0.4 is 0 Å². The van der Waals surface area contributed by atoms with Crippen molar-refractivity contribution in [2.45, 2.75) is 13.3 Å². The van der Waals surface area contributed by atoms with E-state index in [4.69, 9.17) is 5.11 Å². The highest BCUT2D eigenvalue weighted by molar-refractivity contribution is 9.10. The number of carboxylic acid groups (broad SMARTS) is 1. The first-order valence-electron chi connectivity index (χ1n) is 5.29. The number of aliphatic carboxylic acids is 1. The van der Waals surface area contributed by atoms with Crippen molar-refractivity contribution in [1.82, 2.24) is 9.88 Å². The highest BCUT2D eigenvalue weighted by Gasteiger charge is 2.42. The molecule has 1 aliphatic heterocycles. The first kappa shape index (κ1) is 12.2. The van der Waals surface area contributed by atoms with Gasteiger partial charge in [0.15, 0.2) is 0 Å². The fourth-order valence-electron chi connectivity index (χ4n) is 1.97. The number of nitrogens with zero attached hydrogens (tertiary/aromatic N) is 1. The average Bonchev–Trinajstić information content (AvgIpc) is 2.85. The molecule has 6 heteroatoms. The number of H-pyrrole nitrogens is 1. The van der Waals surface area contributed by atoms with Gasteiger partial charge < -0.3 is 15.0 Å². The fraction of sp³-hybridized carbons (Fsp3) is 0.455. The minimum atomic E-state index is -0.847. The van der Waals surface area contributed by atoms with Crippen molar-refractivity contribution >= 4 is 27.8 Å². The molecule has 0 spiro atoms. The summed E-state index contributed by atoms with van der Waals surface area (Å²) >= 11 is 3.26. The van der Waals surface area contributed by atoms with Crippen molar-refractivity contribution in [2.75, 3.05) is 13.1 Å². The van der Waals surface area contributed by atoms with Crippen molar-refractivity contribution < 1.29 is 14.7 Å². The summed E-state index contributed by atoms with van der Waals surface area (Å²) in [5.74, 6) is -0.999. The molecule has 1 aromatic heterocycles. The SMILES string of the molecule is C[C@]1(C(=O)O)CCN(C(=O)c2cc(Br)c[nH]2)C1. The summed E-state index contributed by atoms with van der Waals surface area (Å²) in [6.07, 6.45) is 2.18. The van der Waals surface area contributed by atoms with Gasteiger partial charge in [0.1, 0.15) is 5.69 Å². The Hall–Kier alpha value is -1.30. The molecule has 0 bridgehead atoms. The number of aromatic nitrogens is 1. The van der Waals surface area contributed by atoms with Gasteiger partial charge in [-0.25, -0.2) is 0 Å².